The van der Waals surface area contributed by atoms with Gasteiger partial charge in [0.05, 0.1) is 18.8 Å². The Morgan fingerprint density at radius 1 is 1.16 bits per heavy atom. The molecular formula is C32H40F3N5O3. The Balaban J connectivity index is 1.88. The molecule has 1 aliphatic rings. The first kappa shape index (κ1) is 32.1. The van der Waals surface area contributed by atoms with Crippen LogP contribution in [0.3, 0.4) is 0 Å². The summed E-state index contributed by atoms with van der Waals surface area (Å²) < 4.78 is 49.5. The predicted molar refractivity (Wildman–Crippen MR) is 158 cm³/mol. The molecular weight excluding hydrogens is 559 g/mol. The van der Waals surface area contributed by atoms with Gasteiger partial charge in [-0.2, -0.15) is 0 Å². The summed E-state index contributed by atoms with van der Waals surface area (Å²) in [6.45, 7) is 5.84. The molecule has 2 aromatic carbocycles. The van der Waals surface area contributed by atoms with Gasteiger partial charge in [-0.25, -0.2) is 27.7 Å². The van der Waals surface area contributed by atoms with Crippen molar-refractivity contribution >= 4 is 12.0 Å². The number of ether oxygens (including phenoxy) is 1. The van der Waals surface area contributed by atoms with E-state index in [0.29, 0.717) is 31.8 Å². The highest BCUT2D eigenvalue weighted by Crippen LogP contribution is 2.40. The number of aromatic nitrogens is 2. The fourth-order valence-electron chi connectivity index (χ4n) is 5.63. The maximum Gasteiger partial charge on any atom is 0.328 e. The second-order valence-electron chi connectivity index (χ2n) is 12.0. The van der Waals surface area contributed by atoms with Crippen LogP contribution in [0.1, 0.15) is 57.5 Å². The van der Waals surface area contributed by atoms with Crippen LogP contribution < -0.4 is 5.73 Å². The van der Waals surface area contributed by atoms with Crippen LogP contribution in [-0.4, -0.2) is 70.3 Å². The van der Waals surface area contributed by atoms with Crippen molar-refractivity contribution in [2.45, 2.75) is 64.7 Å². The van der Waals surface area contributed by atoms with Crippen molar-refractivity contribution in [1.29, 1.82) is 0 Å². The first-order chi connectivity index (χ1) is 20.4. The summed E-state index contributed by atoms with van der Waals surface area (Å²) in [4.78, 5) is 34.9. The molecule has 3 aromatic rings. The first-order valence-electron chi connectivity index (χ1n) is 14.5. The molecule has 1 aromatic heterocycles. The lowest BCUT2D eigenvalue weighted by molar-refractivity contribution is -0.145. The molecule has 3 atom stereocenters. The molecule has 0 radical (unpaired) electrons. The number of nitrogens with two attached hydrogens (primary N) is 1. The van der Waals surface area contributed by atoms with Crippen LogP contribution in [0.15, 0.2) is 54.7 Å². The summed E-state index contributed by atoms with van der Waals surface area (Å²) in [6, 6.07) is 10.1. The number of carbonyl (C=O) groups excluding carboxylic acids is 2. The number of hydrogen-bond acceptors (Lipinski definition) is 5. The van der Waals surface area contributed by atoms with Gasteiger partial charge < -0.3 is 24.8 Å². The Bertz CT molecular complexity index is 1410. The average Bonchev–Trinajstić information content (AvgIpc) is 3.63. The van der Waals surface area contributed by atoms with Crippen molar-refractivity contribution in [1.82, 2.24) is 19.4 Å². The number of nitrogens with zero attached hydrogens (tertiary/aromatic N) is 4. The third-order valence-corrected chi connectivity index (χ3v) is 7.74. The molecule has 0 saturated carbocycles. The number of benzene rings is 2. The monoisotopic (exact) mass is 599 g/mol. The predicted octanol–water partition coefficient (Wildman–Crippen LogP) is 5.71. The highest BCUT2D eigenvalue weighted by atomic mass is 19.1. The second-order valence-corrected chi connectivity index (χ2v) is 12.0. The number of rotatable bonds is 10. The zero-order valence-corrected chi connectivity index (χ0v) is 25.1. The number of urea groups is 1. The van der Waals surface area contributed by atoms with Crippen LogP contribution >= 0.6 is 0 Å². The number of esters is 1. The Kier molecular flexibility index (Phi) is 10.2. The molecule has 4 rings (SSSR count). The van der Waals surface area contributed by atoms with Gasteiger partial charge >= 0.3 is 12.0 Å². The summed E-state index contributed by atoms with van der Waals surface area (Å²) in [7, 11) is 1.28. The molecule has 0 spiro atoms. The van der Waals surface area contributed by atoms with Crippen LogP contribution in [0.2, 0.25) is 0 Å². The Labute approximate surface area is 250 Å². The quantitative estimate of drug-likeness (QED) is 0.302. The van der Waals surface area contributed by atoms with Gasteiger partial charge in [0.25, 0.3) is 0 Å². The van der Waals surface area contributed by atoms with E-state index >= 15 is 0 Å². The van der Waals surface area contributed by atoms with E-state index in [2.05, 4.69) is 0 Å². The van der Waals surface area contributed by atoms with E-state index in [1.54, 1.807) is 11.1 Å². The SMILES string of the molecule is COC(=O)C1CCCN1C(=O)N(CCC(N)CF)[C@@H](c1nc(-c2cc(F)ccc2F)cn1Cc1ccccc1)C(C)(C)C. The molecule has 2 heterocycles. The van der Waals surface area contributed by atoms with Crippen molar-refractivity contribution in [3.8, 4) is 11.3 Å². The topological polar surface area (TPSA) is 93.7 Å². The van der Waals surface area contributed by atoms with E-state index in [0.717, 1.165) is 23.8 Å². The van der Waals surface area contributed by atoms with Gasteiger partial charge in [0, 0.05) is 37.4 Å². The van der Waals surface area contributed by atoms with E-state index in [1.165, 1.54) is 12.0 Å². The number of imidazole rings is 1. The molecule has 232 valence electrons. The van der Waals surface area contributed by atoms with Gasteiger partial charge in [-0.05, 0) is 48.4 Å². The van der Waals surface area contributed by atoms with Crippen molar-refractivity contribution in [2.24, 2.45) is 11.1 Å². The van der Waals surface area contributed by atoms with Crippen molar-refractivity contribution in [3.05, 3.63) is 77.8 Å². The van der Waals surface area contributed by atoms with E-state index in [4.69, 9.17) is 15.5 Å². The first-order valence-corrected chi connectivity index (χ1v) is 14.5. The fourth-order valence-corrected chi connectivity index (χ4v) is 5.63. The number of alkyl halides is 1. The third-order valence-electron chi connectivity index (χ3n) is 7.74. The minimum absolute atomic E-state index is 0.0108. The number of methoxy groups -OCH3 is 1. The summed E-state index contributed by atoms with van der Waals surface area (Å²) in [5.41, 5.74) is 6.45. The summed E-state index contributed by atoms with van der Waals surface area (Å²) >= 11 is 0. The number of amides is 2. The van der Waals surface area contributed by atoms with Gasteiger partial charge in [-0.3, -0.25) is 0 Å². The lowest BCUT2D eigenvalue weighted by Crippen LogP contribution is -2.52. The standard InChI is InChI=1S/C32H40F3N5O3/c1-32(2,3)28(40(16-14-23(36)18-33)31(42)39-15-8-11-27(39)30(41)43-4)29-37-26(24-17-22(34)12-13-25(24)35)20-38(29)19-21-9-6-5-7-10-21/h5-7,9-10,12-13,17,20,23,27-28H,8,11,14-16,18-19,36H2,1-4H3/t23?,27?,28-/m0/s1. The molecule has 2 unspecified atom stereocenters. The van der Waals surface area contributed by atoms with Crippen molar-refractivity contribution in [3.63, 3.8) is 0 Å². The maximum absolute atomic E-state index is 15.0. The van der Waals surface area contributed by atoms with E-state index < -0.39 is 53.8 Å². The minimum atomic E-state index is -0.799. The van der Waals surface area contributed by atoms with Gasteiger partial charge in [0.1, 0.15) is 30.2 Å². The van der Waals surface area contributed by atoms with Gasteiger partial charge in [0.2, 0.25) is 0 Å². The van der Waals surface area contributed by atoms with Crippen LogP contribution in [0.25, 0.3) is 11.3 Å². The number of hydrogen-bond donors (Lipinski definition) is 1. The molecule has 1 saturated heterocycles. The van der Waals surface area contributed by atoms with Gasteiger partial charge in [-0.1, -0.05) is 51.1 Å². The van der Waals surface area contributed by atoms with Crippen molar-refractivity contribution < 1.29 is 27.5 Å². The summed E-state index contributed by atoms with van der Waals surface area (Å²) in [5, 5.41) is 0. The lowest BCUT2D eigenvalue weighted by Gasteiger charge is -2.42. The number of carbonyl (C=O) groups is 2. The zero-order valence-electron chi connectivity index (χ0n) is 25.1. The second kappa shape index (κ2) is 13.6. The van der Waals surface area contributed by atoms with Crippen LogP contribution in [0.5, 0.6) is 0 Å². The average molecular weight is 600 g/mol. The number of halogens is 3. The molecule has 2 N–H and O–H groups in total. The zero-order chi connectivity index (χ0) is 31.3. The van der Waals surface area contributed by atoms with Gasteiger partial charge in [-0.15, -0.1) is 0 Å². The molecule has 43 heavy (non-hydrogen) atoms. The molecule has 0 aliphatic carbocycles. The Hall–Kier alpha value is -3.86. The largest absolute Gasteiger partial charge is 0.467 e. The third kappa shape index (κ3) is 7.38. The fraction of sp³-hybridized carbons (Fsp3) is 0.469. The lowest BCUT2D eigenvalue weighted by atomic mass is 9.84. The van der Waals surface area contributed by atoms with Gasteiger partial charge in [0.15, 0.2) is 0 Å². The molecule has 2 amide bonds. The van der Waals surface area contributed by atoms with Crippen LogP contribution in [0, 0.1) is 17.0 Å². The summed E-state index contributed by atoms with van der Waals surface area (Å²) in [5.74, 6) is -1.31. The molecule has 1 aliphatic heterocycles. The smallest absolute Gasteiger partial charge is 0.328 e. The minimum Gasteiger partial charge on any atom is -0.467 e. The maximum atomic E-state index is 15.0. The normalized spacial score (nSPS) is 16.7. The molecule has 1 fully saturated rings. The van der Waals surface area contributed by atoms with E-state index in [1.807, 2.05) is 55.7 Å². The van der Waals surface area contributed by atoms with E-state index in [-0.39, 0.29) is 24.2 Å². The van der Waals surface area contributed by atoms with Crippen LogP contribution in [-0.2, 0) is 16.1 Å². The highest BCUT2D eigenvalue weighted by Gasteiger charge is 2.43. The molecule has 8 nitrogen and oxygen atoms in total. The highest BCUT2D eigenvalue weighted by molar-refractivity contribution is 5.84. The summed E-state index contributed by atoms with van der Waals surface area (Å²) in [6.07, 6.45) is 2.90. The van der Waals surface area contributed by atoms with Crippen molar-refractivity contribution in [2.75, 3.05) is 26.9 Å². The number of likely N-dealkylation sites (tertiary alicyclic amines) is 1. The van der Waals surface area contributed by atoms with E-state index in [9.17, 15) is 22.8 Å². The Morgan fingerprint density at radius 2 is 1.88 bits per heavy atom. The Morgan fingerprint density at radius 3 is 2.53 bits per heavy atom. The van der Waals surface area contributed by atoms with Crippen LogP contribution in [0.4, 0.5) is 18.0 Å². The molecule has 11 heteroatoms. The molecule has 0 bridgehead atoms.